The van der Waals surface area contributed by atoms with Gasteiger partial charge in [-0.25, -0.2) is 0 Å². The van der Waals surface area contributed by atoms with Crippen molar-refractivity contribution in [3.05, 3.63) is 0 Å². The zero-order chi connectivity index (χ0) is 9.36. The van der Waals surface area contributed by atoms with E-state index in [1.54, 1.807) is 0 Å². The van der Waals surface area contributed by atoms with Crippen LogP contribution in [0.3, 0.4) is 0 Å². The maximum absolute atomic E-state index is 10.5. The lowest BCUT2D eigenvalue weighted by molar-refractivity contribution is -0.120. The van der Waals surface area contributed by atoms with Crippen LogP contribution in [0.15, 0.2) is 0 Å². The number of carbonyl (C=O) groups is 1. The van der Waals surface area contributed by atoms with Gasteiger partial charge in [0.1, 0.15) is 0 Å². The largest absolute Gasteiger partial charge is 0.355 e. The van der Waals surface area contributed by atoms with E-state index in [-0.39, 0.29) is 5.91 Å². The predicted octanol–water partition coefficient (Wildman–Crippen LogP) is -0.534. The van der Waals surface area contributed by atoms with Gasteiger partial charge in [-0.2, -0.15) is 0 Å². The summed E-state index contributed by atoms with van der Waals surface area (Å²) >= 11 is 0. The molecular weight excluding hydrogens is 166 g/mol. The Balaban J connectivity index is 0.000000145. The van der Waals surface area contributed by atoms with Gasteiger partial charge in [0.15, 0.2) is 0 Å². The topological polar surface area (TPSA) is 53.2 Å². The smallest absolute Gasteiger partial charge is 0.221 e. The van der Waals surface area contributed by atoms with Gasteiger partial charge in [-0.1, -0.05) is 0 Å². The minimum absolute atomic E-state index is 0.162. The number of nitrogens with one attached hydrogen (secondary N) is 3. The van der Waals surface area contributed by atoms with Gasteiger partial charge in [0.2, 0.25) is 5.91 Å². The van der Waals surface area contributed by atoms with E-state index in [4.69, 9.17) is 0 Å². The fourth-order valence-electron chi connectivity index (χ4n) is 1.33. The maximum Gasteiger partial charge on any atom is 0.221 e. The molecule has 0 aliphatic carbocycles. The van der Waals surface area contributed by atoms with Crippen molar-refractivity contribution in [2.75, 3.05) is 32.7 Å². The summed E-state index contributed by atoms with van der Waals surface area (Å²) in [6, 6.07) is 0. The van der Waals surface area contributed by atoms with Crippen LogP contribution in [0.5, 0.6) is 0 Å². The van der Waals surface area contributed by atoms with E-state index in [0.29, 0.717) is 6.42 Å². The van der Waals surface area contributed by atoms with Crippen LogP contribution in [0.2, 0.25) is 0 Å². The molecule has 2 saturated heterocycles. The van der Waals surface area contributed by atoms with Gasteiger partial charge in [-0.05, 0) is 25.9 Å². The van der Waals surface area contributed by atoms with Gasteiger partial charge in [-0.15, -0.1) is 0 Å². The lowest BCUT2D eigenvalue weighted by Crippen LogP contribution is -2.24. The van der Waals surface area contributed by atoms with Gasteiger partial charge in [0.05, 0.1) is 0 Å². The lowest BCUT2D eigenvalue weighted by atomic mass is 10.4. The molecule has 0 aromatic carbocycles. The summed E-state index contributed by atoms with van der Waals surface area (Å²) in [6.07, 6.45) is 3.40. The summed E-state index contributed by atoms with van der Waals surface area (Å²) in [7, 11) is 0. The van der Waals surface area contributed by atoms with Gasteiger partial charge in [0, 0.05) is 26.1 Å². The molecule has 4 nitrogen and oxygen atoms in total. The molecule has 2 fully saturated rings. The molecule has 13 heavy (non-hydrogen) atoms. The van der Waals surface area contributed by atoms with Crippen molar-refractivity contribution in [3.8, 4) is 0 Å². The Labute approximate surface area is 79.5 Å². The Bertz CT molecular complexity index is 128. The number of rotatable bonds is 0. The average Bonchev–Trinajstić information content (AvgIpc) is 2.62. The molecule has 0 atom stereocenters. The van der Waals surface area contributed by atoms with Crippen molar-refractivity contribution in [3.63, 3.8) is 0 Å². The molecule has 2 heterocycles. The molecule has 2 rings (SSSR count). The van der Waals surface area contributed by atoms with Crippen LogP contribution >= 0.6 is 0 Å². The number of hydrogen-bond acceptors (Lipinski definition) is 3. The molecule has 1 amide bonds. The third-order valence-electron chi connectivity index (χ3n) is 2.11. The fourth-order valence-corrected chi connectivity index (χ4v) is 1.33. The third kappa shape index (κ3) is 5.60. The van der Waals surface area contributed by atoms with Gasteiger partial charge < -0.3 is 16.0 Å². The molecule has 0 aromatic rings. The highest BCUT2D eigenvalue weighted by Gasteiger charge is 2.02. The van der Waals surface area contributed by atoms with Gasteiger partial charge in [-0.3, -0.25) is 4.79 Å². The Morgan fingerprint density at radius 3 is 2.15 bits per heavy atom. The summed E-state index contributed by atoms with van der Waals surface area (Å²) < 4.78 is 0. The van der Waals surface area contributed by atoms with Crippen molar-refractivity contribution in [2.45, 2.75) is 19.3 Å². The average molecular weight is 185 g/mol. The summed E-state index contributed by atoms with van der Waals surface area (Å²) in [5.74, 6) is 0.162. The quantitative estimate of drug-likeness (QED) is 0.475. The van der Waals surface area contributed by atoms with E-state index in [0.717, 1.165) is 19.6 Å². The van der Waals surface area contributed by atoms with Crippen molar-refractivity contribution >= 4 is 5.91 Å². The van der Waals surface area contributed by atoms with Crippen LogP contribution in [-0.2, 0) is 4.79 Å². The van der Waals surface area contributed by atoms with Gasteiger partial charge in [0.25, 0.3) is 0 Å². The molecule has 0 unspecified atom stereocenters. The first kappa shape index (κ1) is 10.5. The van der Waals surface area contributed by atoms with E-state index in [1.165, 1.54) is 25.9 Å². The van der Waals surface area contributed by atoms with E-state index in [9.17, 15) is 4.79 Å². The summed E-state index contributed by atoms with van der Waals surface area (Å²) in [5.41, 5.74) is 0. The highest BCUT2D eigenvalue weighted by molar-refractivity contribution is 5.76. The highest BCUT2D eigenvalue weighted by Crippen LogP contribution is 1.90. The molecule has 2 aliphatic rings. The number of carbonyl (C=O) groups excluding carboxylic acids is 1. The van der Waals surface area contributed by atoms with E-state index >= 15 is 0 Å². The maximum atomic E-state index is 10.5. The Morgan fingerprint density at radius 1 is 0.846 bits per heavy atom. The molecule has 4 heteroatoms. The Kier molecular flexibility index (Phi) is 5.52. The van der Waals surface area contributed by atoms with E-state index < -0.39 is 0 Å². The lowest BCUT2D eigenvalue weighted by Gasteiger charge is -1.93. The molecule has 76 valence electrons. The standard InChI is InChI=1S/C5H10N2O.C4H9N/c8-5-1-2-6-3-4-7-5;1-2-4-5-3-1/h6H,1-4H2,(H,7,8);5H,1-4H2. The van der Waals surface area contributed by atoms with Crippen molar-refractivity contribution in [1.82, 2.24) is 16.0 Å². The first-order chi connectivity index (χ1) is 6.39. The SMILES string of the molecule is C1CCNC1.O=C1CCNCCN1. The molecule has 2 aliphatic heterocycles. The normalized spacial score (nSPS) is 22.6. The predicted molar refractivity (Wildman–Crippen MR) is 52.6 cm³/mol. The van der Waals surface area contributed by atoms with Crippen molar-refractivity contribution in [2.24, 2.45) is 0 Å². The van der Waals surface area contributed by atoms with E-state index in [1.807, 2.05) is 0 Å². The molecule has 0 bridgehead atoms. The number of amides is 1. The molecule has 0 radical (unpaired) electrons. The molecule has 0 saturated carbocycles. The van der Waals surface area contributed by atoms with Crippen molar-refractivity contribution in [1.29, 1.82) is 0 Å². The summed E-state index contributed by atoms with van der Waals surface area (Å²) in [4.78, 5) is 10.5. The summed E-state index contributed by atoms with van der Waals surface area (Å²) in [5, 5.41) is 9.06. The van der Waals surface area contributed by atoms with Crippen LogP contribution in [0, 0.1) is 0 Å². The van der Waals surface area contributed by atoms with E-state index in [2.05, 4.69) is 16.0 Å². The minimum Gasteiger partial charge on any atom is -0.355 e. The first-order valence-corrected chi connectivity index (χ1v) is 5.08. The Hall–Kier alpha value is -0.610. The second kappa shape index (κ2) is 6.86. The fraction of sp³-hybridized carbons (Fsp3) is 0.889. The molecule has 0 spiro atoms. The second-order valence-corrected chi connectivity index (χ2v) is 3.31. The van der Waals surface area contributed by atoms with Crippen molar-refractivity contribution < 1.29 is 4.79 Å². The first-order valence-electron chi connectivity index (χ1n) is 5.08. The minimum atomic E-state index is 0.162. The Morgan fingerprint density at radius 2 is 1.54 bits per heavy atom. The highest BCUT2D eigenvalue weighted by atomic mass is 16.1. The van der Waals surface area contributed by atoms with Crippen LogP contribution < -0.4 is 16.0 Å². The third-order valence-corrected chi connectivity index (χ3v) is 2.11. The van der Waals surface area contributed by atoms with Crippen LogP contribution in [-0.4, -0.2) is 38.6 Å². The molecular formula is C9H19N3O. The molecule has 0 aromatic heterocycles. The van der Waals surface area contributed by atoms with Crippen LogP contribution in [0.25, 0.3) is 0 Å². The zero-order valence-corrected chi connectivity index (χ0v) is 8.07. The zero-order valence-electron chi connectivity index (χ0n) is 8.07. The van der Waals surface area contributed by atoms with Crippen LogP contribution in [0.1, 0.15) is 19.3 Å². The van der Waals surface area contributed by atoms with Crippen LogP contribution in [0.4, 0.5) is 0 Å². The summed E-state index contributed by atoms with van der Waals surface area (Å²) in [6.45, 7) is 5.01. The van der Waals surface area contributed by atoms with Gasteiger partial charge >= 0.3 is 0 Å². The molecule has 3 N–H and O–H groups in total. The monoisotopic (exact) mass is 185 g/mol. The second-order valence-electron chi connectivity index (χ2n) is 3.31. The number of hydrogen-bond donors (Lipinski definition) is 3.